The van der Waals surface area contributed by atoms with E-state index in [0.29, 0.717) is 23.6 Å². The second-order valence-corrected chi connectivity index (χ2v) is 6.63. The van der Waals surface area contributed by atoms with Crippen LogP contribution >= 0.6 is 0 Å². The number of nitrogens with zero attached hydrogens (tertiary/aromatic N) is 2. The maximum absolute atomic E-state index is 13.8. The summed E-state index contributed by atoms with van der Waals surface area (Å²) in [6.07, 6.45) is 4.94. The molecule has 0 spiro atoms. The number of carbonyl (C=O) groups excluding carboxylic acids is 1. The highest BCUT2D eigenvalue weighted by Gasteiger charge is 2.32. The van der Waals surface area contributed by atoms with Crippen molar-refractivity contribution in [2.24, 2.45) is 5.92 Å². The zero-order chi connectivity index (χ0) is 17.1. The van der Waals surface area contributed by atoms with Crippen LogP contribution in [0.15, 0.2) is 34.9 Å². The standard InChI is InChI=1S/C19H23FN2O2/c1-13(2)19(23)22-10-6-5-9-17(22)18-21-12-15(24-18)11-14-7-3-4-8-16(14)20/h3-4,7-8,12-13,17H,5-6,9-11H2,1-2H3/t17-/m0/s1. The Labute approximate surface area is 141 Å². The fourth-order valence-corrected chi connectivity index (χ4v) is 3.17. The number of carbonyl (C=O) groups is 1. The Morgan fingerprint density at radius 3 is 2.92 bits per heavy atom. The molecular formula is C19H23FN2O2. The fraction of sp³-hybridized carbons (Fsp3) is 0.474. The number of piperidine rings is 1. The SMILES string of the molecule is CC(C)C(=O)N1CCCC[C@H]1c1ncc(Cc2ccccc2F)o1. The first-order valence-corrected chi connectivity index (χ1v) is 8.54. The van der Waals surface area contributed by atoms with Crippen LogP contribution in [-0.4, -0.2) is 22.3 Å². The van der Waals surface area contributed by atoms with Crippen molar-refractivity contribution in [3.05, 3.63) is 53.5 Å². The van der Waals surface area contributed by atoms with Crippen molar-refractivity contribution in [3.8, 4) is 0 Å². The molecule has 24 heavy (non-hydrogen) atoms. The van der Waals surface area contributed by atoms with Gasteiger partial charge in [0.25, 0.3) is 0 Å². The van der Waals surface area contributed by atoms with Crippen LogP contribution in [0.3, 0.4) is 0 Å². The number of rotatable bonds is 4. The third kappa shape index (κ3) is 3.50. The van der Waals surface area contributed by atoms with E-state index in [1.807, 2.05) is 18.7 Å². The average molecular weight is 330 g/mol. The van der Waals surface area contributed by atoms with E-state index in [1.54, 1.807) is 24.4 Å². The molecule has 0 aliphatic carbocycles. The molecular weight excluding hydrogens is 307 g/mol. The molecule has 1 aromatic carbocycles. The molecule has 0 unspecified atom stereocenters. The molecule has 0 radical (unpaired) electrons. The van der Waals surface area contributed by atoms with Crippen LogP contribution < -0.4 is 0 Å². The van der Waals surface area contributed by atoms with Crippen LogP contribution in [0.25, 0.3) is 0 Å². The Bertz CT molecular complexity index is 711. The maximum atomic E-state index is 13.8. The maximum Gasteiger partial charge on any atom is 0.225 e. The number of hydrogen-bond acceptors (Lipinski definition) is 3. The summed E-state index contributed by atoms with van der Waals surface area (Å²) in [7, 11) is 0. The van der Waals surface area contributed by atoms with Gasteiger partial charge in [-0.1, -0.05) is 32.0 Å². The lowest BCUT2D eigenvalue weighted by molar-refractivity contribution is -0.139. The largest absolute Gasteiger partial charge is 0.443 e. The monoisotopic (exact) mass is 330 g/mol. The summed E-state index contributed by atoms with van der Waals surface area (Å²) in [4.78, 5) is 18.7. The molecule has 1 atom stereocenters. The summed E-state index contributed by atoms with van der Waals surface area (Å²) in [6, 6.07) is 6.55. The van der Waals surface area contributed by atoms with Crippen LogP contribution in [0.5, 0.6) is 0 Å². The summed E-state index contributed by atoms with van der Waals surface area (Å²) in [5.74, 6) is 1.03. The van der Waals surface area contributed by atoms with Crippen LogP contribution in [-0.2, 0) is 11.2 Å². The normalized spacial score (nSPS) is 18.2. The number of oxazole rings is 1. The van der Waals surface area contributed by atoms with E-state index in [2.05, 4.69) is 4.98 Å². The molecule has 1 saturated heterocycles. The minimum atomic E-state index is -0.246. The molecule has 1 fully saturated rings. The van der Waals surface area contributed by atoms with Gasteiger partial charge >= 0.3 is 0 Å². The minimum absolute atomic E-state index is 0.0431. The molecule has 2 aromatic rings. The number of amides is 1. The van der Waals surface area contributed by atoms with Crippen molar-refractivity contribution < 1.29 is 13.6 Å². The Morgan fingerprint density at radius 1 is 1.38 bits per heavy atom. The van der Waals surface area contributed by atoms with Gasteiger partial charge in [-0.3, -0.25) is 4.79 Å². The Balaban J connectivity index is 1.78. The topological polar surface area (TPSA) is 46.3 Å². The zero-order valence-electron chi connectivity index (χ0n) is 14.2. The van der Waals surface area contributed by atoms with Crippen molar-refractivity contribution in [1.82, 2.24) is 9.88 Å². The molecule has 4 nitrogen and oxygen atoms in total. The van der Waals surface area contributed by atoms with E-state index in [9.17, 15) is 9.18 Å². The number of likely N-dealkylation sites (tertiary alicyclic amines) is 1. The van der Waals surface area contributed by atoms with E-state index in [0.717, 1.165) is 25.8 Å². The van der Waals surface area contributed by atoms with Gasteiger partial charge in [-0.25, -0.2) is 9.37 Å². The third-order valence-corrected chi connectivity index (χ3v) is 4.46. The van der Waals surface area contributed by atoms with Gasteiger partial charge in [-0.05, 0) is 30.9 Å². The molecule has 3 rings (SSSR count). The van der Waals surface area contributed by atoms with Crippen molar-refractivity contribution in [1.29, 1.82) is 0 Å². The first-order valence-electron chi connectivity index (χ1n) is 8.54. The number of benzene rings is 1. The van der Waals surface area contributed by atoms with Crippen LogP contribution in [0, 0.1) is 11.7 Å². The Hall–Kier alpha value is -2.17. The highest BCUT2D eigenvalue weighted by Crippen LogP contribution is 2.32. The molecule has 1 aliphatic rings. The van der Waals surface area contributed by atoms with Crippen molar-refractivity contribution in [2.75, 3.05) is 6.54 Å². The average Bonchev–Trinajstić information content (AvgIpc) is 3.04. The summed E-state index contributed by atoms with van der Waals surface area (Å²) < 4.78 is 19.6. The van der Waals surface area contributed by atoms with E-state index in [4.69, 9.17) is 4.42 Å². The molecule has 2 heterocycles. The van der Waals surface area contributed by atoms with Crippen LogP contribution in [0.1, 0.15) is 56.4 Å². The highest BCUT2D eigenvalue weighted by molar-refractivity contribution is 5.78. The third-order valence-electron chi connectivity index (χ3n) is 4.46. The fourth-order valence-electron chi connectivity index (χ4n) is 3.17. The Morgan fingerprint density at radius 2 is 2.17 bits per heavy atom. The molecule has 1 amide bonds. The van der Waals surface area contributed by atoms with Gasteiger partial charge in [0.05, 0.1) is 6.20 Å². The predicted octanol–water partition coefficient (Wildman–Crippen LogP) is 4.11. The van der Waals surface area contributed by atoms with Crippen molar-refractivity contribution >= 4 is 5.91 Å². The molecule has 0 saturated carbocycles. The molecule has 1 aromatic heterocycles. The summed E-state index contributed by atoms with van der Waals surface area (Å²) in [5.41, 5.74) is 0.582. The van der Waals surface area contributed by atoms with E-state index >= 15 is 0 Å². The van der Waals surface area contributed by atoms with Crippen molar-refractivity contribution in [3.63, 3.8) is 0 Å². The van der Waals surface area contributed by atoms with Crippen LogP contribution in [0.4, 0.5) is 4.39 Å². The Kier molecular flexibility index (Phi) is 4.97. The highest BCUT2D eigenvalue weighted by atomic mass is 19.1. The van der Waals surface area contributed by atoms with Crippen LogP contribution in [0.2, 0.25) is 0 Å². The van der Waals surface area contributed by atoms with Crippen molar-refractivity contribution in [2.45, 2.75) is 45.6 Å². The second kappa shape index (κ2) is 7.16. The molecule has 0 bridgehead atoms. The minimum Gasteiger partial charge on any atom is -0.443 e. The number of hydrogen-bond donors (Lipinski definition) is 0. The zero-order valence-corrected chi connectivity index (χ0v) is 14.2. The summed E-state index contributed by atoms with van der Waals surface area (Å²) in [5, 5.41) is 0. The van der Waals surface area contributed by atoms with Gasteiger partial charge < -0.3 is 9.32 Å². The first kappa shape index (κ1) is 16.7. The van der Waals surface area contributed by atoms with E-state index in [-0.39, 0.29) is 23.7 Å². The second-order valence-electron chi connectivity index (χ2n) is 6.63. The lowest BCUT2D eigenvalue weighted by atomic mass is 10.00. The van der Waals surface area contributed by atoms with Gasteiger partial charge in [0.1, 0.15) is 17.6 Å². The molecule has 1 aliphatic heterocycles. The predicted molar refractivity (Wildman–Crippen MR) is 88.9 cm³/mol. The first-order chi connectivity index (χ1) is 11.6. The lowest BCUT2D eigenvalue weighted by Crippen LogP contribution is -2.40. The summed E-state index contributed by atoms with van der Waals surface area (Å²) in [6.45, 7) is 4.56. The number of aromatic nitrogens is 1. The molecule has 0 N–H and O–H groups in total. The smallest absolute Gasteiger partial charge is 0.225 e. The van der Waals surface area contributed by atoms with Gasteiger partial charge in [0.2, 0.25) is 11.8 Å². The lowest BCUT2D eigenvalue weighted by Gasteiger charge is -2.35. The van der Waals surface area contributed by atoms with Gasteiger partial charge in [-0.2, -0.15) is 0 Å². The van der Waals surface area contributed by atoms with Gasteiger partial charge in [0.15, 0.2) is 0 Å². The molecule has 128 valence electrons. The molecule has 5 heteroatoms. The van der Waals surface area contributed by atoms with Gasteiger partial charge in [0, 0.05) is 18.9 Å². The van der Waals surface area contributed by atoms with Gasteiger partial charge in [-0.15, -0.1) is 0 Å². The van der Waals surface area contributed by atoms with E-state index in [1.165, 1.54) is 6.07 Å². The quantitative estimate of drug-likeness (QED) is 0.847. The summed E-state index contributed by atoms with van der Waals surface area (Å²) >= 11 is 0. The van der Waals surface area contributed by atoms with E-state index < -0.39 is 0 Å². The number of halogens is 1.